The van der Waals surface area contributed by atoms with E-state index in [4.69, 9.17) is 4.74 Å². The van der Waals surface area contributed by atoms with Gasteiger partial charge in [-0.1, -0.05) is 6.92 Å². The fraction of sp³-hybridized carbons (Fsp3) is 0.615. The average molecular weight is 300 g/mol. The molecule has 20 heavy (non-hydrogen) atoms. The molecule has 0 radical (unpaired) electrons. The van der Waals surface area contributed by atoms with Gasteiger partial charge in [-0.25, -0.2) is 0 Å². The highest BCUT2D eigenvalue weighted by Crippen LogP contribution is 2.24. The van der Waals surface area contributed by atoms with Gasteiger partial charge in [-0.15, -0.1) is 0 Å². The minimum atomic E-state index is -1.60. The Balaban J connectivity index is 3.07. The molecule has 110 valence electrons. The van der Waals surface area contributed by atoms with Crippen molar-refractivity contribution in [3.8, 4) is 0 Å². The van der Waals surface area contributed by atoms with Crippen molar-refractivity contribution in [1.82, 2.24) is 0 Å². The van der Waals surface area contributed by atoms with Gasteiger partial charge in [0.2, 0.25) is 0 Å². The van der Waals surface area contributed by atoms with Crippen LogP contribution in [0.4, 0.5) is 0 Å². The second-order valence-electron chi connectivity index (χ2n) is 4.83. The minimum absolute atomic E-state index is 0.0121. The van der Waals surface area contributed by atoms with E-state index in [1.165, 1.54) is 0 Å². The zero-order valence-corrected chi connectivity index (χ0v) is 12.1. The molecule has 0 aromatic carbocycles. The number of methoxy groups -OCH3 is 1. The predicted molar refractivity (Wildman–Crippen MR) is 71.5 cm³/mol. The third-order valence-electron chi connectivity index (χ3n) is 3.25. The first kappa shape index (κ1) is 16.7. The van der Waals surface area contributed by atoms with E-state index in [9.17, 15) is 24.0 Å². The van der Waals surface area contributed by atoms with Crippen LogP contribution >= 0.6 is 12.6 Å². The highest BCUT2D eigenvalue weighted by molar-refractivity contribution is 7.80. The van der Waals surface area contributed by atoms with Gasteiger partial charge in [-0.2, -0.15) is 12.6 Å². The third-order valence-corrected chi connectivity index (χ3v) is 3.88. The molecule has 0 N–H and O–H groups in total. The monoisotopic (exact) mass is 300 g/mol. The fourth-order valence-electron chi connectivity index (χ4n) is 2.12. The van der Waals surface area contributed by atoms with Gasteiger partial charge in [-0.3, -0.25) is 19.2 Å². The number of ketones is 4. The summed E-state index contributed by atoms with van der Waals surface area (Å²) in [6.45, 7) is 1.75. The van der Waals surface area contributed by atoms with E-state index >= 15 is 0 Å². The Morgan fingerprint density at radius 2 is 1.90 bits per heavy atom. The van der Waals surface area contributed by atoms with Crippen LogP contribution in [0.25, 0.3) is 0 Å². The van der Waals surface area contributed by atoms with E-state index < -0.39 is 41.1 Å². The summed E-state index contributed by atoms with van der Waals surface area (Å²) in [5, 5.41) is 0. The number of Topliss-reactive ketones (excluding diaryl/α,β-unsaturated/α-hetero) is 4. The van der Waals surface area contributed by atoms with Gasteiger partial charge in [0.05, 0.1) is 0 Å². The summed E-state index contributed by atoms with van der Waals surface area (Å²) in [5.74, 6) is -6.19. The molecule has 1 rings (SSSR count). The first-order valence-corrected chi connectivity index (χ1v) is 6.75. The Kier molecular flexibility index (Phi) is 5.76. The summed E-state index contributed by atoms with van der Waals surface area (Å²) in [6.07, 6.45) is -1.38. The number of carbonyl (C=O) groups excluding carboxylic acids is 5. The molecule has 0 spiro atoms. The normalized spacial score (nSPS) is 28.4. The number of hydrogen-bond acceptors (Lipinski definition) is 7. The molecule has 6 nitrogen and oxygen atoms in total. The van der Waals surface area contributed by atoms with Gasteiger partial charge < -0.3 is 9.53 Å². The molecule has 0 bridgehead atoms. The van der Waals surface area contributed by atoms with Crippen LogP contribution in [0.1, 0.15) is 13.3 Å². The number of hydrogen-bond donors (Lipinski definition) is 1. The van der Waals surface area contributed by atoms with Crippen LogP contribution in [0, 0.1) is 17.8 Å². The molecular weight excluding hydrogens is 284 g/mol. The fourth-order valence-corrected chi connectivity index (χ4v) is 2.25. The van der Waals surface area contributed by atoms with Crippen LogP contribution in [-0.2, 0) is 28.7 Å². The van der Waals surface area contributed by atoms with Gasteiger partial charge in [-0.05, 0) is 11.7 Å². The van der Waals surface area contributed by atoms with Gasteiger partial charge >= 0.3 is 0 Å². The van der Waals surface area contributed by atoms with Crippen molar-refractivity contribution in [2.45, 2.75) is 19.4 Å². The molecule has 1 aliphatic carbocycles. The Hall–Kier alpha value is -1.34. The maximum atomic E-state index is 12.1. The summed E-state index contributed by atoms with van der Waals surface area (Å²) in [7, 11) is 1.12. The summed E-state index contributed by atoms with van der Waals surface area (Å²) < 4.78 is 4.73. The van der Waals surface area contributed by atoms with Crippen LogP contribution in [0.3, 0.4) is 0 Å². The maximum Gasteiger partial charge on any atom is 0.187 e. The Bertz CT molecular complexity index is 458. The molecule has 0 amide bonds. The highest BCUT2D eigenvalue weighted by Gasteiger charge is 2.52. The lowest BCUT2D eigenvalue weighted by molar-refractivity contribution is -0.158. The molecule has 1 fully saturated rings. The van der Waals surface area contributed by atoms with Crippen molar-refractivity contribution in [2.24, 2.45) is 17.8 Å². The average Bonchev–Trinajstić information content (AvgIpc) is 2.39. The van der Waals surface area contributed by atoms with E-state index in [0.29, 0.717) is 5.75 Å². The quantitative estimate of drug-likeness (QED) is 0.410. The van der Waals surface area contributed by atoms with Crippen molar-refractivity contribution in [3.05, 3.63) is 0 Å². The second kappa shape index (κ2) is 6.90. The Morgan fingerprint density at radius 3 is 2.35 bits per heavy atom. The first-order chi connectivity index (χ1) is 9.38. The molecule has 0 aliphatic heterocycles. The Labute approximate surface area is 121 Å². The standard InChI is InChI=1S/C13H16O6S/c1-6(5-20)3-8(15)9-10(16)7(4-14)11(17)13(19-2)12(9)18/h4,6-7,9,13,20H,3,5H2,1-2H3. The van der Waals surface area contributed by atoms with Crippen LogP contribution in [-0.4, -0.2) is 48.4 Å². The van der Waals surface area contributed by atoms with Crippen molar-refractivity contribution < 1.29 is 28.7 Å². The van der Waals surface area contributed by atoms with Crippen molar-refractivity contribution in [2.75, 3.05) is 12.9 Å². The van der Waals surface area contributed by atoms with Crippen LogP contribution in [0.15, 0.2) is 0 Å². The molecule has 0 aromatic rings. The summed E-state index contributed by atoms with van der Waals surface area (Å²) >= 11 is 4.03. The Morgan fingerprint density at radius 1 is 1.30 bits per heavy atom. The van der Waals surface area contributed by atoms with Crippen LogP contribution < -0.4 is 0 Å². The van der Waals surface area contributed by atoms with Gasteiger partial charge in [0.1, 0.15) is 18.1 Å². The summed E-state index contributed by atoms with van der Waals surface area (Å²) in [6, 6.07) is 0. The van der Waals surface area contributed by atoms with Crippen molar-refractivity contribution >= 4 is 42.0 Å². The van der Waals surface area contributed by atoms with Gasteiger partial charge in [0, 0.05) is 13.5 Å². The predicted octanol–water partition coefficient (Wildman–Crippen LogP) is -0.321. The van der Waals surface area contributed by atoms with Crippen molar-refractivity contribution in [3.63, 3.8) is 0 Å². The lowest BCUT2D eigenvalue weighted by atomic mass is 9.74. The summed E-state index contributed by atoms with van der Waals surface area (Å²) in [5.41, 5.74) is 0. The molecule has 1 aliphatic rings. The second-order valence-corrected chi connectivity index (χ2v) is 5.19. The molecule has 0 heterocycles. The minimum Gasteiger partial charge on any atom is -0.366 e. The molecule has 4 unspecified atom stereocenters. The van der Waals surface area contributed by atoms with E-state index in [2.05, 4.69) is 12.6 Å². The number of aldehydes is 1. The van der Waals surface area contributed by atoms with Crippen molar-refractivity contribution in [1.29, 1.82) is 0 Å². The van der Waals surface area contributed by atoms with Crippen LogP contribution in [0.2, 0.25) is 0 Å². The molecule has 0 aromatic heterocycles. The molecule has 4 atom stereocenters. The lowest BCUT2D eigenvalue weighted by Crippen LogP contribution is -2.55. The smallest absolute Gasteiger partial charge is 0.187 e. The first-order valence-electron chi connectivity index (χ1n) is 6.11. The zero-order valence-electron chi connectivity index (χ0n) is 11.2. The topological polar surface area (TPSA) is 94.6 Å². The molecule has 1 saturated carbocycles. The van der Waals surface area contributed by atoms with Gasteiger partial charge in [0.15, 0.2) is 29.2 Å². The lowest BCUT2D eigenvalue weighted by Gasteiger charge is -2.27. The van der Waals surface area contributed by atoms with E-state index in [1.807, 2.05) is 0 Å². The summed E-state index contributed by atoms with van der Waals surface area (Å²) in [4.78, 5) is 58.7. The largest absolute Gasteiger partial charge is 0.366 e. The zero-order chi connectivity index (χ0) is 15.4. The number of rotatable bonds is 6. The SMILES string of the molecule is COC1C(=O)C(C=O)C(=O)C(C(=O)CC(C)CS)C1=O. The van der Waals surface area contributed by atoms with E-state index in [-0.39, 0.29) is 18.6 Å². The van der Waals surface area contributed by atoms with Gasteiger partial charge in [0.25, 0.3) is 0 Å². The van der Waals surface area contributed by atoms with E-state index in [0.717, 1.165) is 7.11 Å². The maximum absolute atomic E-state index is 12.1. The third kappa shape index (κ3) is 3.04. The number of carbonyl (C=O) groups is 5. The molecular formula is C13H16O6S. The molecule has 7 heteroatoms. The van der Waals surface area contributed by atoms with E-state index in [1.54, 1.807) is 6.92 Å². The number of ether oxygens (including phenoxy) is 1. The van der Waals surface area contributed by atoms with Crippen LogP contribution in [0.5, 0.6) is 0 Å². The molecule has 0 saturated heterocycles. The highest BCUT2D eigenvalue weighted by atomic mass is 32.1. The number of thiol groups is 1.